The van der Waals surface area contributed by atoms with E-state index in [-0.39, 0.29) is 23.8 Å². The summed E-state index contributed by atoms with van der Waals surface area (Å²) in [6.45, 7) is 9.53. The molecule has 46 heavy (non-hydrogen) atoms. The average Bonchev–Trinajstić information content (AvgIpc) is 3.57. The normalized spacial score (nSPS) is 12.3. The fourth-order valence-corrected chi connectivity index (χ4v) is 7.50. The number of hydrogen-bond acceptors (Lipinski definition) is 8. The molecule has 0 radical (unpaired) electrons. The van der Waals surface area contributed by atoms with Gasteiger partial charge in [-0.1, -0.05) is 48.4 Å². The molecule has 12 heteroatoms. The Morgan fingerprint density at radius 3 is 1.37 bits per heavy atom. The molecule has 0 saturated carbocycles. The average molecular weight is 667 g/mol. The molecule has 2 aromatic heterocycles. The summed E-state index contributed by atoms with van der Waals surface area (Å²) in [6, 6.07) is 10.8. The van der Waals surface area contributed by atoms with Gasteiger partial charge in [0.25, 0.3) is 0 Å². The van der Waals surface area contributed by atoms with Crippen molar-refractivity contribution in [3.8, 4) is 0 Å². The summed E-state index contributed by atoms with van der Waals surface area (Å²) in [6.07, 6.45) is 6.13. The van der Waals surface area contributed by atoms with Gasteiger partial charge in [0.1, 0.15) is 0 Å². The first-order valence-electron chi connectivity index (χ1n) is 16.1. The van der Waals surface area contributed by atoms with Gasteiger partial charge in [-0.15, -0.1) is 0 Å². The second kappa shape index (κ2) is 17.1. The van der Waals surface area contributed by atoms with E-state index in [1.54, 1.807) is 38.1 Å². The molecule has 0 fully saturated rings. The molecular weight excluding hydrogens is 625 g/mol. The molecule has 0 bridgehead atoms. The van der Waals surface area contributed by atoms with Gasteiger partial charge in [0, 0.05) is 25.9 Å². The molecule has 0 spiro atoms. The molecule has 2 heterocycles. The van der Waals surface area contributed by atoms with Crippen LogP contribution in [0.4, 0.5) is 0 Å². The van der Waals surface area contributed by atoms with Crippen LogP contribution in [0.3, 0.4) is 0 Å². The number of esters is 2. The van der Waals surface area contributed by atoms with E-state index in [1.807, 2.05) is 35.1 Å². The number of ether oxygens (including phenoxy) is 2. The van der Waals surface area contributed by atoms with Crippen LogP contribution in [-0.2, 0) is 32.2 Å². The smallest absolute Gasteiger partial charge is 0.338 e. The number of aryl methyl sites for hydroxylation is 2. The maximum atomic E-state index is 12.6. The Hall–Kier alpha value is -3.90. The summed E-state index contributed by atoms with van der Waals surface area (Å²) in [4.78, 5) is 59.5. The van der Waals surface area contributed by atoms with E-state index in [0.29, 0.717) is 59.9 Å². The maximum Gasteiger partial charge on any atom is 0.338 e. The summed E-state index contributed by atoms with van der Waals surface area (Å²) in [5.41, 5.74) is 2.86. The van der Waals surface area contributed by atoms with Crippen molar-refractivity contribution in [3.63, 3.8) is 0 Å². The number of fused-ring (bicyclic) bond motifs is 2. The number of thiazole rings is 2. The Morgan fingerprint density at radius 2 is 1.00 bits per heavy atom. The van der Waals surface area contributed by atoms with Gasteiger partial charge in [-0.2, -0.15) is 9.98 Å². The predicted molar refractivity (Wildman–Crippen MR) is 181 cm³/mol. The molecule has 2 amide bonds. The summed E-state index contributed by atoms with van der Waals surface area (Å²) in [7, 11) is 0. The van der Waals surface area contributed by atoms with Gasteiger partial charge in [-0.3, -0.25) is 9.59 Å². The first-order valence-corrected chi connectivity index (χ1v) is 17.7. The second-order valence-corrected chi connectivity index (χ2v) is 12.7. The number of benzene rings is 2. The van der Waals surface area contributed by atoms with Gasteiger partial charge in [0.15, 0.2) is 9.60 Å². The zero-order valence-electron chi connectivity index (χ0n) is 27.0. The monoisotopic (exact) mass is 666 g/mol. The van der Waals surface area contributed by atoms with Gasteiger partial charge < -0.3 is 18.6 Å². The van der Waals surface area contributed by atoms with Crippen LogP contribution in [0.25, 0.3) is 20.4 Å². The lowest BCUT2D eigenvalue weighted by Crippen LogP contribution is -2.15. The number of amides is 2. The SMILES string of the molecule is CCOC(=O)c1ccc2c(c1)sc(=NC(=O)CCCCCCCCC(=O)N=c1sc3cc(C(=O)OCC)ccc3n1CC)n2CC. The highest BCUT2D eigenvalue weighted by Crippen LogP contribution is 2.21. The summed E-state index contributed by atoms with van der Waals surface area (Å²) in [5.74, 6) is -1.01. The van der Waals surface area contributed by atoms with Crippen molar-refractivity contribution >= 4 is 66.9 Å². The standard InChI is InChI=1S/C34H42N4O6S2/c1-5-37-25-19-17-23(31(41)43-7-3)21-27(25)45-33(37)35-29(39)15-13-11-9-10-12-14-16-30(40)36-34-38(6-2)26-20-18-24(22-28(26)46-34)32(42)44-8-4/h17-22H,5-16H2,1-4H3. The van der Waals surface area contributed by atoms with E-state index in [2.05, 4.69) is 9.98 Å². The molecule has 2 aromatic carbocycles. The first kappa shape index (κ1) is 35.0. The minimum absolute atomic E-state index is 0.144. The highest BCUT2D eigenvalue weighted by Gasteiger charge is 2.13. The van der Waals surface area contributed by atoms with E-state index in [4.69, 9.17) is 9.47 Å². The van der Waals surface area contributed by atoms with E-state index in [0.717, 1.165) is 59.0 Å². The summed E-state index contributed by atoms with van der Waals surface area (Å²) in [5, 5.41) is 0. The van der Waals surface area contributed by atoms with Crippen molar-refractivity contribution in [1.29, 1.82) is 0 Å². The van der Waals surface area contributed by atoms with E-state index < -0.39 is 0 Å². The Bertz CT molecular complexity index is 1710. The van der Waals surface area contributed by atoms with Crippen LogP contribution in [0.2, 0.25) is 0 Å². The molecule has 0 aliphatic rings. The molecule has 10 nitrogen and oxygen atoms in total. The predicted octanol–water partition coefficient (Wildman–Crippen LogP) is 6.79. The lowest BCUT2D eigenvalue weighted by atomic mass is 10.1. The van der Waals surface area contributed by atoms with Crippen LogP contribution in [-0.4, -0.2) is 46.1 Å². The number of hydrogen-bond donors (Lipinski definition) is 0. The van der Waals surface area contributed by atoms with Gasteiger partial charge in [-0.05, 0) is 76.9 Å². The van der Waals surface area contributed by atoms with Gasteiger partial charge >= 0.3 is 11.9 Å². The number of carbonyl (C=O) groups excluding carboxylic acids is 4. The summed E-state index contributed by atoms with van der Waals surface area (Å²) >= 11 is 2.81. The highest BCUT2D eigenvalue weighted by atomic mass is 32.1. The number of unbranched alkanes of at least 4 members (excludes halogenated alkanes) is 5. The molecule has 0 atom stereocenters. The third-order valence-corrected chi connectivity index (χ3v) is 9.57. The Labute approximate surface area is 276 Å². The van der Waals surface area contributed by atoms with E-state index >= 15 is 0 Å². The highest BCUT2D eigenvalue weighted by molar-refractivity contribution is 7.16. The van der Waals surface area contributed by atoms with Crippen molar-refractivity contribution < 1.29 is 28.7 Å². The summed E-state index contributed by atoms with van der Waals surface area (Å²) < 4.78 is 16.0. The molecule has 0 aliphatic heterocycles. The number of nitrogens with zero attached hydrogens (tertiary/aromatic N) is 4. The zero-order valence-corrected chi connectivity index (χ0v) is 28.6. The number of aromatic nitrogens is 2. The quantitative estimate of drug-likeness (QED) is 0.102. The third kappa shape index (κ3) is 8.88. The lowest BCUT2D eigenvalue weighted by molar-refractivity contribution is -0.119. The Morgan fingerprint density at radius 1 is 0.609 bits per heavy atom. The van der Waals surface area contributed by atoms with Crippen molar-refractivity contribution in [1.82, 2.24) is 9.13 Å². The van der Waals surface area contributed by atoms with Crippen molar-refractivity contribution in [2.24, 2.45) is 9.98 Å². The molecule has 0 aliphatic carbocycles. The Balaban J connectivity index is 1.21. The fourth-order valence-electron chi connectivity index (χ4n) is 5.20. The van der Waals surface area contributed by atoms with Gasteiger partial charge in [0.05, 0.1) is 44.8 Å². The lowest BCUT2D eigenvalue weighted by Gasteiger charge is -2.03. The molecule has 4 rings (SSSR count). The van der Waals surface area contributed by atoms with Crippen molar-refractivity contribution in [2.45, 2.75) is 92.2 Å². The van der Waals surface area contributed by atoms with E-state index in [9.17, 15) is 19.2 Å². The fraction of sp³-hybridized carbons (Fsp3) is 0.471. The first-order chi connectivity index (χ1) is 22.3. The van der Waals surface area contributed by atoms with Crippen LogP contribution in [0.5, 0.6) is 0 Å². The number of rotatable bonds is 15. The second-order valence-electron chi connectivity index (χ2n) is 10.7. The number of carbonyl (C=O) groups is 4. The minimum Gasteiger partial charge on any atom is -0.462 e. The van der Waals surface area contributed by atoms with Crippen LogP contribution < -0.4 is 9.60 Å². The molecule has 4 aromatic rings. The Kier molecular flexibility index (Phi) is 13.0. The van der Waals surface area contributed by atoms with Crippen LogP contribution >= 0.6 is 22.7 Å². The minimum atomic E-state index is -0.359. The molecule has 0 saturated heterocycles. The van der Waals surface area contributed by atoms with Crippen LogP contribution in [0.1, 0.15) is 99.8 Å². The zero-order chi connectivity index (χ0) is 33.1. The van der Waals surface area contributed by atoms with E-state index in [1.165, 1.54) is 22.7 Å². The van der Waals surface area contributed by atoms with Crippen LogP contribution in [0, 0.1) is 0 Å². The van der Waals surface area contributed by atoms with Crippen molar-refractivity contribution in [2.75, 3.05) is 13.2 Å². The third-order valence-electron chi connectivity index (χ3n) is 7.49. The van der Waals surface area contributed by atoms with Gasteiger partial charge in [0.2, 0.25) is 11.8 Å². The maximum absolute atomic E-state index is 12.6. The van der Waals surface area contributed by atoms with Crippen LogP contribution in [0.15, 0.2) is 46.4 Å². The largest absolute Gasteiger partial charge is 0.462 e. The van der Waals surface area contributed by atoms with Crippen molar-refractivity contribution in [3.05, 3.63) is 57.1 Å². The topological polar surface area (TPSA) is 121 Å². The molecule has 246 valence electrons. The molecule has 0 unspecified atom stereocenters. The molecule has 0 N–H and O–H groups in total. The molecular formula is C34H42N4O6S2. The van der Waals surface area contributed by atoms with Gasteiger partial charge in [-0.25, -0.2) is 9.59 Å².